The van der Waals surface area contributed by atoms with E-state index in [0.29, 0.717) is 6.42 Å². The largest absolute Gasteiger partial charge is 0.454 e. The van der Waals surface area contributed by atoms with Crippen LogP contribution in [-0.2, 0) is 14.3 Å². The van der Waals surface area contributed by atoms with Gasteiger partial charge in [-0.05, 0) is 29.8 Å². The van der Waals surface area contributed by atoms with Crippen LogP contribution in [0.1, 0.15) is 25.3 Å². The molecule has 0 fully saturated rings. The average Bonchev–Trinajstić information content (AvgIpc) is 2.38. The van der Waals surface area contributed by atoms with Crippen LogP contribution in [0.4, 0.5) is 0 Å². The molecule has 96 valence electrons. The molecule has 4 heteroatoms. The summed E-state index contributed by atoms with van der Waals surface area (Å²) in [6, 6.07) is 9.56. The van der Waals surface area contributed by atoms with Gasteiger partial charge in [-0.25, -0.2) is 0 Å². The van der Waals surface area contributed by atoms with E-state index in [4.69, 9.17) is 4.74 Å². The maximum atomic E-state index is 11.4. The molecule has 3 nitrogen and oxygen atoms in total. The zero-order valence-electron chi connectivity index (χ0n) is 10.3. The predicted molar refractivity (Wildman–Crippen MR) is 73.9 cm³/mol. The van der Waals surface area contributed by atoms with Gasteiger partial charge in [-0.2, -0.15) is 0 Å². The molecule has 0 aliphatic heterocycles. The van der Waals surface area contributed by atoms with Gasteiger partial charge in [0.1, 0.15) is 5.94 Å². The van der Waals surface area contributed by atoms with Crippen molar-refractivity contribution >= 4 is 28.9 Å². The van der Waals surface area contributed by atoms with Crippen molar-refractivity contribution in [2.75, 3.05) is 5.94 Å². The lowest BCUT2D eigenvalue weighted by atomic mass is 10.2. The van der Waals surface area contributed by atoms with Gasteiger partial charge in [0.25, 0.3) is 0 Å². The van der Waals surface area contributed by atoms with Crippen LogP contribution in [0.15, 0.2) is 36.4 Å². The maximum absolute atomic E-state index is 11.4. The first kappa shape index (κ1) is 14.5. The number of esters is 1. The maximum Gasteiger partial charge on any atom is 0.306 e. The molecular weight excluding hydrogens is 248 g/mol. The molecule has 0 aliphatic carbocycles. The summed E-state index contributed by atoms with van der Waals surface area (Å²) in [6.45, 7) is 1.90. The molecule has 0 atom stereocenters. The fourth-order valence-electron chi connectivity index (χ4n) is 1.21. The van der Waals surface area contributed by atoms with Gasteiger partial charge in [0.2, 0.25) is 5.12 Å². The topological polar surface area (TPSA) is 43.4 Å². The lowest BCUT2D eigenvalue weighted by Crippen LogP contribution is -2.04. The van der Waals surface area contributed by atoms with Crippen LogP contribution in [0.3, 0.4) is 0 Å². The SMILES string of the molecule is CCCC(=O)OCSC(=O)/C=C/c1ccccc1. The number of ether oxygens (including phenoxy) is 1. The molecule has 0 heterocycles. The Hall–Kier alpha value is -1.55. The first-order chi connectivity index (χ1) is 8.72. The fraction of sp³-hybridized carbons (Fsp3) is 0.286. The number of hydrogen-bond donors (Lipinski definition) is 0. The Balaban J connectivity index is 2.26. The molecule has 0 amide bonds. The zero-order chi connectivity index (χ0) is 13.2. The summed E-state index contributed by atoms with van der Waals surface area (Å²) < 4.78 is 4.87. The van der Waals surface area contributed by atoms with Crippen LogP contribution in [-0.4, -0.2) is 17.0 Å². The minimum absolute atomic E-state index is 0.0802. The average molecular weight is 264 g/mol. The highest BCUT2D eigenvalue weighted by molar-refractivity contribution is 8.13. The monoisotopic (exact) mass is 264 g/mol. The number of carbonyl (C=O) groups excluding carboxylic acids is 2. The Morgan fingerprint density at radius 2 is 2.00 bits per heavy atom. The van der Waals surface area contributed by atoms with Gasteiger partial charge in [0, 0.05) is 6.42 Å². The standard InChI is InChI=1S/C14H16O3S/c1-2-6-13(15)17-11-18-14(16)10-9-12-7-4-3-5-8-12/h3-5,7-10H,2,6,11H2,1H3/b10-9+. The van der Waals surface area contributed by atoms with E-state index in [1.807, 2.05) is 37.3 Å². The van der Waals surface area contributed by atoms with Crippen molar-refractivity contribution in [2.45, 2.75) is 19.8 Å². The third-order valence-electron chi connectivity index (χ3n) is 2.09. The van der Waals surface area contributed by atoms with Crippen LogP contribution in [0, 0.1) is 0 Å². The van der Waals surface area contributed by atoms with Gasteiger partial charge in [-0.15, -0.1) is 0 Å². The molecule has 0 saturated carbocycles. The molecule has 0 aliphatic rings. The van der Waals surface area contributed by atoms with E-state index < -0.39 is 0 Å². The molecule has 0 saturated heterocycles. The Morgan fingerprint density at radius 3 is 2.67 bits per heavy atom. The molecule has 18 heavy (non-hydrogen) atoms. The van der Waals surface area contributed by atoms with Crippen molar-refractivity contribution in [2.24, 2.45) is 0 Å². The lowest BCUT2D eigenvalue weighted by molar-refractivity contribution is -0.141. The van der Waals surface area contributed by atoms with Gasteiger partial charge >= 0.3 is 5.97 Å². The smallest absolute Gasteiger partial charge is 0.306 e. The molecule has 1 aromatic rings. The molecule has 0 spiro atoms. The molecule has 0 radical (unpaired) electrons. The van der Waals surface area contributed by atoms with Crippen LogP contribution >= 0.6 is 11.8 Å². The highest BCUT2D eigenvalue weighted by atomic mass is 32.2. The third-order valence-corrected chi connectivity index (χ3v) is 2.74. The minimum Gasteiger partial charge on any atom is -0.454 e. The minimum atomic E-state index is -0.259. The van der Waals surface area contributed by atoms with E-state index in [0.717, 1.165) is 23.7 Å². The Bertz CT molecular complexity index is 412. The van der Waals surface area contributed by atoms with Crippen LogP contribution in [0.25, 0.3) is 6.08 Å². The zero-order valence-corrected chi connectivity index (χ0v) is 11.1. The third kappa shape index (κ3) is 6.25. The van der Waals surface area contributed by atoms with E-state index >= 15 is 0 Å². The van der Waals surface area contributed by atoms with Crippen molar-refractivity contribution in [1.29, 1.82) is 0 Å². The highest BCUT2D eigenvalue weighted by Crippen LogP contribution is 2.08. The molecule has 1 aromatic carbocycles. The number of carbonyl (C=O) groups is 2. The van der Waals surface area contributed by atoms with E-state index in [9.17, 15) is 9.59 Å². The summed E-state index contributed by atoms with van der Waals surface area (Å²) in [5, 5.41) is -0.122. The molecule has 1 rings (SSSR count). The van der Waals surface area contributed by atoms with Gasteiger partial charge in [0.15, 0.2) is 0 Å². The normalized spacial score (nSPS) is 10.5. The Kier molecular flexibility index (Phi) is 6.87. The highest BCUT2D eigenvalue weighted by Gasteiger charge is 2.02. The van der Waals surface area contributed by atoms with Gasteiger partial charge < -0.3 is 4.74 Å². The number of benzene rings is 1. The summed E-state index contributed by atoms with van der Waals surface area (Å²) in [7, 11) is 0. The molecule has 0 bridgehead atoms. The van der Waals surface area contributed by atoms with E-state index in [2.05, 4.69) is 0 Å². The van der Waals surface area contributed by atoms with Crippen molar-refractivity contribution in [1.82, 2.24) is 0 Å². The number of rotatable bonds is 6. The number of hydrogen-bond acceptors (Lipinski definition) is 4. The second-order valence-corrected chi connectivity index (χ2v) is 4.52. The Labute approximate surface area is 111 Å². The van der Waals surface area contributed by atoms with E-state index in [-0.39, 0.29) is 17.0 Å². The molecule has 0 N–H and O–H groups in total. The van der Waals surface area contributed by atoms with Crippen molar-refractivity contribution < 1.29 is 14.3 Å². The number of thioether (sulfide) groups is 1. The second kappa shape index (κ2) is 8.53. The van der Waals surface area contributed by atoms with Crippen molar-refractivity contribution in [3.63, 3.8) is 0 Å². The van der Waals surface area contributed by atoms with Crippen LogP contribution in [0.5, 0.6) is 0 Å². The van der Waals surface area contributed by atoms with E-state index in [1.54, 1.807) is 6.08 Å². The molecular formula is C14H16O3S. The summed E-state index contributed by atoms with van der Waals surface area (Å²) in [5.41, 5.74) is 0.967. The fourth-order valence-corrected chi connectivity index (χ4v) is 1.68. The summed E-state index contributed by atoms with van der Waals surface area (Å²) in [5.74, 6) is -0.179. The van der Waals surface area contributed by atoms with Crippen molar-refractivity contribution in [3.8, 4) is 0 Å². The van der Waals surface area contributed by atoms with E-state index in [1.165, 1.54) is 6.08 Å². The Morgan fingerprint density at radius 1 is 1.28 bits per heavy atom. The summed E-state index contributed by atoms with van der Waals surface area (Å²) in [4.78, 5) is 22.5. The predicted octanol–water partition coefficient (Wildman–Crippen LogP) is 3.26. The quantitative estimate of drug-likeness (QED) is 0.449. The van der Waals surface area contributed by atoms with Gasteiger partial charge in [0.05, 0.1) is 0 Å². The molecule has 0 aromatic heterocycles. The first-order valence-electron chi connectivity index (χ1n) is 5.78. The second-order valence-electron chi connectivity index (χ2n) is 3.59. The summed E-state index contributed by atoms with van der Waals surface area (Å²) >= 11 is 0.981. The van der Waals surface area contributed by atoms with Gasteiger partial charge in [-0.3, -0.25) is 9.59 Å². The lowest BCUT2D eigenvalue weighted by Gasteiger charge is -2.00. The van der Waals surface area contributed by atoms with Gasteiger partial charge in [-0.1, -0.05) is 43.3 Å². The van der Waals surface area contributed by atoms with Crippen LogP contribution < -0.4 is 0 Å². The first-order valence-corrected chi connectivity index (χ1v) is 6.76. The molecule has 0 unspecified atom stereocenters. The van der Waals surface area contributed by atoms with Crippen LogP contribution in [0.2, 0.25) is 0 Å². The van der Waals surface area contributed by atoms with Crippen molar-refractivity contribution in [3.05, 3.63) is 42.0 Å². The summed E-state index contributed by atoms with van der Waals surface area (Å²) in [6.07, 6.45) is 4.37.